The zero-order chi connectivity index (χ0) is 15.3. The first-order valence-electron chi connectivity index (χ1n) is 7.82. The van der Waals surface area contributed by atoms with Crippen molar-refractivity contribution in [3.8, 4) is 0 Å². The van der Waals surface area contributed by atoms with Gasteiger partial charge in [-0.05, 0) is 24.5 Å². The van der Waals surface area contributed by atoms with Gasteiger partial charge in [-0.1, -0.05) is 79.4 Å². The molecule has 0 amide bonds. The molecule has 21 heavy (non-hydrogen) atoms. The minimum absolute atomic E-state index is 0.490. The highest BCUT2D eigenvalue weighted by atomic mass is 28.3. The fourth-order valence-corrected chi connectivity index (χ4v) is 3.62. The Kier molecular flexibility index (Phi) is 5.37. The molecule has 2 heteroatoms. The largest absolute Gasteiger partial charge is 0.310 e. The van der Waals surface area contributed by atoms with Gasteiger partial charge in [0.25, 0.3) is 0 Å². The molecule has 0 aliphatic rings. The van der Waals surface area contributed by atoms with E-state index in [0.717, 1.165) is 13.0 Å². The summed E-state index contributed by atoms with van der Waals surface area (Å²) in [6.45, 7) is 10.4. The molecular formula is C19H27NSi. The molecule has 2 rings (SSSR count). The third kappa shape index (κ3) is 5.14. The zero-order valence-corrected chi connectivity index (χ0v) is 14.7. The summed E-state index contributed by atoms with van der Waals surface area (Å²) in [5.41, 5.74) is 2.77. The zero-order valence-electron chi connectivity index (χ0n) is 13.7. The first-order valence-corrected chi connectivity index (χ1v) is 11.3. The van der Waals surface area contributed by atoms with Gasteiger partial charge in [0.1, 0.15) is 0 Å². The van der Waals surface area contributed by atoms with Crippen molar-refractivity contribution in [3.63, 3.8) is 0 Å². The minimum Gasteiger partial charge on any atom is -0.310 e. The SMILES string of the molecule is CC(Cc1ccccc1)NCc1ccc([Si](C)(C)C)cc1. The summed E-state index contributed by atoms with van der Waals surface area (Å²) in [5.74, 6) is 0. The topological polar surface area (TPSA) is 12.0 Å². The fraction of sp³-hybridized carbons (Fsp3) is 0.368. The Morgan fingerprint density at radius 1 is 0.857 bits per heavy atom. The van der Waals surface area contributed by atoms with E-state index in [9.17, 15) is 0 Å². The van der Waals surface area contributed by atoms with E-state index in [1.165, 1.54) is 16.3 Å². The van der Waals surface area contributed by atoms with Crippen LogP contribution in [0.1, 0.15) is 18.1 Å². The second kappa shape index (κ2) is 7.06. The first kappa shape index (κ1) is 16.0. The van der Waals surface area contributed by atoms with Crippen molar-refractivity contribution in [2.75, 3.05) is 0 Å². The highest BCUT2D eigenvalue weighted by molar-refractivity contribution is 6.88. The van der Waals surface area contributed by atoms with Crippen molar-refractivity contribution in [2.24, 2.45) is 0 Å². The van der Waals surface area contributed by atoms with Gasteiger partial charge in [0.2, 0.25) is 0 Å². The predicted molar refractivity (Wildman–Crippen MR) is 95.9 cm³/mol. The van der Waals surface area contributed by atoms with Crippen LogP contribution in [0.15, 0.2) is 54.6 Å². The molecule has 112 valence electrons. The summed E-state index contributed by atoms with van der Waals surface area (Å²) >= 11 is 0. The number of hydrogen-bond acceptors (Lipinski definition) is 1. The summed E-state index contributed by atoms with van der Waals surface area (Å²) < 4.78 is 0. The van der Waals surface area contributed by atoms with Crippen molar-refractivity contribution >= 4 is 13.3 Å². The molecule has 2 aromatic rings. The van der Waals surface area contributed by atoms with Gasteiger partial charge in [0.05, 0.1) is 8.07 Å². The third-order valence-electron chi connectivity index (χ3n) is 3.86. The van der Waals surface area contributed by atoms with E-state index < -0.39 is 8.07 Å². The van der Waals surface area contributed by atoms with Crippen LogP contribution in [-0.4, -0.2) is 14.1 Å². The van der Waals surface area contributed by atoms with Gasteiger partial charge in [-0.25, -0.2) is 0 Å². The van der Waals surface area contributed by atoms with Gasteiger partial charge in [0, 0.05) is 12.6 Å². The highest BCUT2D eigenvalue weighted by Gasteiger charge is 2.15. The fourth-order valence-electron chi connectivity index (χ4n) is 2.45. The molecular weight excluding hydrogens is 270 g/mol. The number of rotatable bonds is 6. The minimum atomic E-state index is -1.17. The van der Waals surface area contributed by atoms with E-state index in [1.807, 2.05) is 0 Å². The molecule has 0 saturated heterocycles. The molecule has 1 N–H and O–H groups in total. The van der Waals surface area contributed by atoms with E-state index in [1.54, 1.807) is 0 Å². The van der Waals surface area contributed by atoms with Gasteiger partial charge in [-0.3, -0.25) is 0 Å². The van der Waals surface area contributed by atoms with E-state index >= 15 is 0 Å². The quantitative estimate of drug-likeness (QED) is 0.796. The maximum Gasteiger partial charge on any atom is 0.0775 e. The van der Waals surface area contributed by atoms with Crippen LogP contribution in [-0.2, 0) is 13.0 Å². The van der Waals surface area contributed by atoms with Gasteiger partial charge >= 0.3 is 0 Å². The van der Waals surface area contributed by atoms with Crippen LogP contribution >= 0.6 is 0 Å². The normalized spacial score (nSPS) is 13.1. The molecule has 2 aromatic carbocycles. The Bertz CT molecular complexity index is 540. The molecule has 0 spiro atoms. The predicted octanol–water partition coefficient (Wildman–Crippen LogP) is 3.95. The van der Waals surface area contributed by atoms with Crippen LogP contribution in [0.2, 0.25) is 19.6 Å². The Labute approximate surface area is 130 Å². The molecule has 1 atom stereocenters. The van der Waals surface area contributed by atoms with Crippen LogP contribution in [0.3, 0.4) is 0 Å². The number of benzene rings is 2. The summed E-state index contributed by atoms with van der Waals surface area (Å²) in [6.07, 6.45) is 1.08. The molecule has 0 heterocycles. The summed E-state index contributed by atoms with van der Waals surface area (Å²) in [7, 11) is -1.17. The van der Waals surface area contributed by atoms with Crippen molar-refractivity contribution < 1.29 is 0 Å². The van der Waals surface area contributed by atoms with E-state index in [2.05, 4.69) is 86.5 Å². The van der Waals surface area contributed by atoms with Crippen molar-refractivity contribution in [1.29, 1.82) is 0 Å². The Balaban J connectivity index is 1.85. The van der Waals surface area contributed by atoms with Crippen LogP contribution in [0.4, 0.5) is 0 Å². The lowest BCUT2D eigenvalue weighted by Gasteiger charge is -2.18. The van der Waals surface area contributed by atoms with Crippen LogP contribution < -0.4 is 10.5 Å². The summed E-state index contributed by atoms with van der Waals surface area (Å²) in [4.78, 5) is 0. The highest BCUT2D eigenvalue weighted by Crippen LogP contribution is 2.06. The lowest BCUT2D eigenvalue weighted by molar-refractivity contribution is 0.545. The van der Waals surface area contributed by atoms with Crippen molar-refractivity contribution in [1.82, 2.24) is 5.32 Å². The van der Waals surface area contributed by atoms with Crippen molar-refractivity contribution in [2.45, 2.75) is 45.6 Å². The van der Waals surface area contributed by atoms with Gasteiger partial charge in [-0.15, -0.1) is 0 Å². The summed E-state index contributed by atoms with van der Waals surface area (Å²) in [6, 6.07) is 20.3. The van der Waals surface area contributed by atoms with E-state index in [4.69, 9.17) is 0 Å². The molecule has 0 radical (unpaired) electrons. The lowest BCUT2D eigenvalue weighted by atomic mass is 10.1. The van der Waals surface area contributed by atoms with Crippen molar-refractivity contribution in [3.05, 3.63) is 65.7 Å². The summed E-state index contributed by atoms with van der Waals surface area (Å²) in [5, 5.41) is 5.15. The smallest absolute Gasteiger partial charge is 0.0775 e. The molecule has 1 unspecified atom stereocenters. The van der Waals surface area contributed by atoms with Crippen LogP contribution in [0.5, 0.6) is 0 Å². The molecule has 0 aliphatic carbocycles. The van der Waals surface area contributed by atoms with Crippen LogP contribution in [0.25, 0.3) is 0 Å². The number of nitrogens with one attached hydrogen (secondary N) is 1. The molecule has 0 aliphatic heterocycles. The number of hydrogen-bond donors (Lipinski definition) is 1. The average molecular weight is 298 g/mol. The standard InChI is InChI=1S/C19H27NSi/c1-16(14-17-8-6-5-7-9-17)20-15-18-10-12-19(13-11-18)21(2,3)4/h5-13,16,20H,14-15H2,1-4H3. The van der Waals surface area contributed by atoms with E-state index in [-0.39, 0.29) is 0 Å². The monoisotopic (exact) mass is 297 g/mol. The average Bonchev–Trinajstić information content (AvgIpc) is 2.46. The molecule has 1 nitrogen and oxygen atoms in total. The second-order valence-electron chi connectivity index (χ2n) is 6.92. The van der Waals surface area contributed by atoms with E-state index in [0.29, 0.717) is 6.04 Å². The first-order chi connectivity index (χ1) is 9.95. The van der Waals surface area contributed by atoms with Gasteiger partial charge in [0.15, 0.2) is 0 Å². The molecule has 0 fully saturated rings. The molecule has 0 saturated carbocycles. The van der Waals surface area contributed by atoms with Crippen LogP contribution in [0, 0.1) is 0 Å². The molecule has 0 bridgehead atoms. The Morgan fingerprint density at radius 2 is 1.48 bits per heavy atom. The second-order valence-corrected chi connectivity index (χ2v) is 12.0. The Morgan fingerprint density at radius 3 is 2.05 bits per heavy atom. The van der Waals surface area contributed by atoms with Gasteiger partial charge in [-0.2, -0.15) is 0 Å². The third-order valence-corrected chi connectivity index (χ3v) is 5.92. The maximum absolute atomic E-state index is 3.62. The molecule has 0 aromatic heterocycles. The lowest BCUT2D eigenvalue weighted by Crippen LogP contribution is -2.37. The maximum atomic E-state index is 3.62. The van der Waals surface area contributed by atoms with Gasteiger partial charge < -0.3 is 5.32 Å². The Hall–Kier alpha value is -1.38.